The fraction of sp³-hybridized carbons (Fsp3) is 0.692. The quantitative estimate of drug-likeness (QED) is 0.749. The summed E-state index contributed by atoms with van der Waals surface area (Å²) in [6, 6.07) is 2.66. The molecule has 1 N–H and O–H groups in total. The van der Waals surface area contributed by atoms with Gasteiger partial charge in [-0.1, -0.05) is 0 Å². The van der Waals surface area contributed by atoms with Crippen LogP contribution in [0.1, 0.15) is 37.8 Å². The molecule has 1 aliphatic carbocycles. The predicted molar refractivity (Wildman–Crippen MR) is 84.3 cm³/mol. The van der Waals surface area contributed by atoms with Crippen LogP contribution in [0.4, 0.5) is 0 Å². The lowest BCUT2D eigenvalue weighted by molar-refractivity contribution is -0.0289. The number of hydrogen-bond acceptors (Lipinski definition) is 3. The van der Waals surface area contributed by atoms with Crippen molar-refractivity contribution in [3.8, 4) is 0 Å². The number of ether oxygens (including phenoxy) is 1. The van der Waals surface area contributed by atoms with E-state index < -0.39 is 0 Å². The maximum absolute atomic E-state index is 5.62. The minimum absolute atomic E-state index is 0.439. The van der Waals surface area contributed by atoms with Gasteiger partial charge >= 0.3 is 0 Å². The fourth-order valence-corrected chi connectivity index (χ4v) is 5.54. The highest BCUT2D eigenvalue weighted by Crippen LogP contribution is 2.41. The zero-order chi connectivity index (χ0) is 13.1. The molecule has 0 radical (unpaired) electrons. The zero-order valence-corrected chi connectivity index (χ0v) is 14.7. The van der Waals surface area contributed by atoms with Crippen molar-refractivity contribution >= 4 is 43.2 Å². The fourth-order valence-electron chi connectivity index (χ4n) is 2.56. The number of rotatable bonds is 6. The third-order valence-corrected chi connectivity index (χ3v) is 5.96. The van der Waals surface area contributed by atoms with E-state index in [9.17, 15) is 0 Å². The van der Waals surface area contributed by atoms with Crippen molar-refractivity contribution < 1.29 is 4.74 Å². The van der Waals surface area contributed by atoms with Crippen LogP contribution in [-0.2, 0) is 4.74 Å². The second-order valence-electron chi connectivity index (χ2n) is 4.77. The van der Waals surface area contributed by atoms with Gasteiger partial charge in [-0.05, 0) is 82.6 Å². The Balaban J connectivity index is 1.89. The van der Waals surface area contributed by atoms with Gasteiger partial charge in [0, 0.05) is 12.6 Å². The van der Waals surface area contributed by atoms with Crippen molar-refractivity contribution in [3.05, 3.63) is 19.2 Å². The molecular weight excluding hydrogens is 378 g/mol. The van der Waals surface area contributed by atoms with Gasteiger partial charge in [-0.3, -0.25) is 0 Å². The molecule has 102 valence electrons. The lowest BCUT2D eigenvalue weighted by Gasteiger charge is -2.37. The zero-order valence-electron chi connectivity index (χ0n) is 10.7. The van der Waals surface area contributed by atoms with Gasteiger partial charge < -0.3 is 10.1 Å². The summed E-state index contributed by atoms with van der Waals surface area (Å²) in [4.78, 5) is 0. The van der Waals surface area contributed by atoms with Gasteiger partial charge in [-0.15, -0.1) is 11.3 Å². The lowest BCUT2D eigenvalue weighted by Crippen LogP contribution is -2.34. The first-order valence-electron chi connectivity index (χ1n) is 6.37. The average Bonchev–Trinajstić information content (AvgIpc) is 2.61. The van der Waals surface area contributed by atoms with Gasteiger partial charge in [0.1, 0.15) is 0 Å². The molecule has 1 aromatic heterocycles. The van der Waals surface area contributed by atoms with E-state index in [1.165, 1.54) is 32.4 Å². The van der Waals surface area contributed by atoms with Crippen molar-refractivity contribution in [1.82, 2.24) is 5.32 Å². The number of nitrogens with one attached hydrogen (secondary N) is 1. The molecule has 0 saturated heterocycles. The molecule has 0 aliphatic heterocycles. The smallest absolute Gasteiger partial charge is 0.0758 e. The summed E-state index contributed by atoms with van der Waals surface area (Å²) in [5.74, 6) is 0.796. The highest BCUT2D eigenvalue weighted by molar-refractivity contribution is 9.12. The molecule has 0 aromatic carbocycles. The van der Waals surface area contributed by atoms with Crippen molar-refractivity contribution in [1.29, 1.82) is 0 Å². The maximum atomic E-state index is 5.62. The third kappa shape index (κ3) is 3.57. The van der Waals surface area contributed by atoms with E-state index in [1.807, 2.05) is 7.05 Å². The molecule has 1 heterocycles. The molecule has 0 amide bonds. The van der Waals surface area contributed by atoms with E-state index in [2.05, 4.69) is 50.2 Å². The molecular formula is C13H19Br2NOS. The lowest BCUT2D eigenvalue weighted by atomic mass is 9.77. The summed E-state index contributed by atoms with van der Waals surface area (Å²) in [6.07, 6.45) is 4.14. The minimum atomic E-state index is 0.439. The van der Waals surface area contributed by atoms with Gasteiger partial charge in [-0.2, -0.15) is 0 Å². The van der Waals surface area contributed by atoms with Crippen LogP contribution in [0.3, 0.4) is 0 Å². The van der Waals surface area contributed by atoms with Crippen LogP contribution in [0.5, 0.6) is 0 Å². The molecule has 5 heteroatoms. The Morgan fingerprint density at radius 2 is 2.22 bits per heavy atom. The highest BCUT2D eigenvalue weighted by Gasteiger charge is 2.32. The second kappa shape index (κ2) is 6.84. The van der Waals surface area contributed by atoms with Crippen molar-refractivity contribution in [2.24, 2.45) is 5.92 Å². The molecule has 0 spiro atoms. The van der Waals surface area contributed by atoms with Crippen molar-refractivity contribution in [3.63, 3.8) is 0 Å². The van der Waals surface area contributed by atoms with Gasteiger partial charge in [-0.25, -0.2) is 0 Å². The third-order valence-electron chi connectivity index (χ3n) is 3.57. The van der Waals surface area contributed by atoms with E-state index in [0.29, 0.717) is 12.1 Å². The summed E-state index contributed by atoms with van der Waals surface area (Å²) in [7, 11) is 2.04. The second-order valence-corrected chi connectivity index (χ2v) is 8.52. The summed E-state index contributed by atoms with van der Waals surface area (Å²) >= 11 is 8.94. The Bertz CT molecular complexity index is 390. The molecule has 1 aliphatic rings. The number of halogens is 2. The van der Waals surface area contributed by atoms with Gasteiger partial charge in [0.2, 0.25) is 0 Å². The van der Waals surface area contributed by atoms with E-state index in [0.717, 1.165) is 12.5 Å². The van der Waals surface area contributed by atoms with E-state index in [4.69, 9.17) is 4.74 Å². The van der Waals surface area contributed by atoms with Gasteiger partial charge in [0.25, 0.3) is 0 Å². The molecule has 1 unspecified atom stereocenters. The first kappa shape index (κ1) is 15.0. The number of thiophene rings is 1. The summed E-state index contributed by atoms with van der Waals surface area (Å²) in [5, 5.41) is 3.43. The van der Waals surface area contributed by atoms with Crippen LogP contribution < -0.4 is 5.32 Å². The molecule has 1 aromatic rings. The van der Waals surface area contributed by atoms with E-state index in [-0.39, 0.29) is 0 Å². The van der Waals surface area contributed by atoms with Gasteiger partial charge in [0.15, 0.2) is 0 Å². The number of hydrogen-bond donors (Lipinski definition) is 1. The van der Waals surface area contributed by atoms with Crippen LogP contribution in [0.15, 0.2) is 13.6 Å². The molecule has 18 heavy (non-hydrogen) atoms. The van der Waals surface area contributed by atoms with Crippen LogP contribution in [0.2, 0.25) is 0 Å². The largest absolute Gasteiger partial charge is 0.378 e. The highest BCUT2D eigenvalue weighted by atomic mass is 79.9. The van der Waals surface area contributed by atoms with Crippen LogP contribution in [0, 0.1) is 5.92 Å². The van der Waals surface area contributed by atoms with Crippen LogP contribution >= 0.6 is 43.2 Å². The SMILES string of the molecule is CCOC1CC(CC(NC)c2cc(Br)sc2Br)C1. The molecule has 1 atom stereocenters. The minimum Gasteiger partial charge on any atom is -0.378 e. The standard InChI is InChI=1S/C13H19Br2NOS/c1-3-17-9-4-8(5-9)6-11(16-2)10-7-12(14)18-13(10)15/h7-9,11,16H,3-6H2,1-2H3. The van der Waals surface area contributed by atoms with E-state index >= 15 is 0 Å². The van der Waals surface area contributed by atoms with Gasteiger partial charge in [0.05, 0.1) is 13.7 Å². The summed E-state index contributed by atoms with van der Waals surface area (Å²) in [6.45, 7) is 2.92. The predicted octanol–water partition coefficient (Wildman–Crippen LogP) is 4.74. The molecule has 0 bridgehead atoms. The first-order valence-corrected chi connectivity index (χ1v) is 8.77. The molecule has 1 saturated carbocycles. The maximum Gasteiger partial charge on any atom is 0.0758 e. The first-order chi connectivity index (χ1) is 8.63. The summed E-state index contributed by atoms with van der Waals surface area (Å²) in [5.41, 5.74) is 1.37. The molecule has 1 fully saturated rings. The molecule has 2 nitrogen and oxygen atoms in total. The Morgan fingerprint density at radius 1 is 1.50 bits per heavy atom. The van der Waals surface area contributed by atoms with Crippen molar-refractivity contribution in [2.75, 3.05) is 13.7 Å². The van der Waals surface area contributed by atoms with E-state index in [1.54, 1.807) is 11.3 Å². The Labute approximate surface area is 130 Å². The van der Waals surface area contributed by atoms with Crippen LogP contribution in [0.25, 0.3) is 0 Å². The monoisotopic (exact) mass is 395 g/mol. The molecule has 2 rings (SSSR count). The van der Waals surface area contributed by atoms with Crippen molar-refractivity contribution in [2.45, 2.75) is 38.3 Å². The topological polar surface area (TPSA) is 21.3 Å². The Morgan fingerprint density at radius 3 is 2.72 bits per heavy atom. The average molecular weight is 397 g/mol. The normalized spacial score (nSPS) is 24.9. The van der Waals surface area contributed by atoms with Crippen LogP contribution in [-0.4, -0.2) is 19.8 Å². The summed E-state index contributed by atoms with van der Waals surface area (Å²) < 4.78 is 8.04. The Kier molecular flexibility index (Phi) is 5.69. The Hall–Kier alpha value is 0.580.